The van der Waals surface area contributed by atoms with Crippen molar-refractivity contribution >= 4 is 27.5 Å². The molecule has 1 aliphatic rings. The molecule has 1 aliphatic heterocycles. The van der Waals surface area contributed by atoms with Gasteiger partial charge in [-0.1, -0.05) is 48.8 Å². The predicted molar refractivity (Wildman–Crippen MR) is 105 cm³/mol. The Morgan fingerprint density at radius 3 is 2.48 bits per heavy atom. The van der Waals surface area contributed by atoms with Crippen molar-refractivity contribution in [1.29, 1.82) is 0 Å². The monoisotopic (exact) mass is 401 g/mol. The normalized spacial score (nSPS) is 14.4. The zero-order valence-corrected chi connectivity index (χ0v) is 16.6. The second-order valence-electron chi connectivity index (χ2n) is 7.44. The molecule has 3 rings (SSSR count). The van der Waals surface area contributed by atoms with Crippen molar-refractivity contribution < 1.29 is 9.53 Å². The third kappa shape index (κ3) is 4.24. The van der Waals surface area contributed by atoms with Crippen LogP contribution in [0.25, 0.3) is 0 Å². The first-order chi connectivity index (χ1) is 11.8. The van der Waals surface area contributed by atoms with E-state index in [1.165, 1.54) is 11.1 Å². The molecule has 2 aromatic rings. The number of ether oxygens (including phenoxy) is 1. The number of nitrogens with zero attached hydrogens (tertiary/aromatic N) is 1. The Morgan fingerprint density at radius 2 is 1.80 bits per heavy atom. The van der Waals surface area contributed by atoms with Gasteiger partial charge in [-0.15, -0.1) is 0 Å². The minimum atomic E-state index is 0.136. The SMILES string of the molecule is CC(C)(C)c1ccc(OCCN2C(=O)CCc3cc(Br)ccc32)cc1. The summed E-state index contributed by atoms with van der Waals surface area (Å²) >= 11 is 3.50. The summed E-state index contributed by atoms with van der Waals surface area (Å²) in [6.45, 7) is 7.63. The van der Waals surface area contributed by atoms with E-state index in [-0.39, 0.29) is 11.3 Å². The summed E-state index contributed by atoms with van der Waals surface area (Å²) in [5.74, 6) is 1.01. The number of carbonyl (C=O) groups is 1. The van der Waals surface area contributed by atoms with Crippen molar-refractivity contribution in [2.24, 2.45) is 0 Å². The summed E-state index contributed by atoms with van der Waals surface area (Å²) in [6, 6.07) is 14.3. The maximum Gasteiger partial charge on any atom is 0.227 e. The van der Waals surface area contributed by atoms with Gasteiger partial charge in [0.1, 0.15) is 12.4 Å². The smallest absolute Gasteiger partial charge is 0.227 e. The Bertz CT molecular complexity index is 762. The van der Waals surface area contributed by atoms with Gasteiger partial charge in [0.25, 0.3) is 0 Å². The van der Waals surface area contributed by atoms with Gasteiger partial charge in [-0.2, -0.15) is 0 Å². The van der Waals surface area contributed by atoms with Crippen molar-refractivity contribution in [2.75, 3.05) is 18.1 Å². The number of amides is 1. The summed E-state index contributed by atoms with van der Waals surface area (Å²) in [5.41, 5.74) is 3.64. The number of fused-ring (bicyclic) bond motifs is 1. The minimum absolute atomic E-state index is 0.136. The number of anilines is 1. The minimum Gasteiger partial charge on any atom is -0.492 e. The van der Waals surface area contributed by atoms with E-state index in [4.69, 9.17) is 4.74 Å². The van der Waals surface area contributed by atoms with Gasteiger partial charge < -0.3 is 9.64 Å². The average molecular weight is 402 g/mol. The molecule has 0 fully saturated rings. The van der Waals surface area contributed by atoms with Gasteiger partial charge in [0.05, 0.1) is 6.54 Å². The molecule has 0 aromatic heterocycles. The van der Waals surface area contributed by atoms with E-state index in [1.807, 2.05) is 29.2 Å². The average Bonchev–Trinajstić information content (AvgIpc) is 2.56. The van der Waals surface area contributed by atoms with Crippen LogP contribution in [-0.4, -0.2) is 19.1 Å². The van der Waals surface area contributed by atoms with Gasteiger partial charge in [-0.25, -0.2) is 0 Å². The first-order valence-electron chi connectivity index (χ1n) is 8.67. The molecule has 0 aliphatic carbocycles. The van der Waals surface area contributed by atoms with Gasteiger partial charge in [0.2, 0.25) is 5.91 Å². The van der Waals surface area contributed by atoms with Crippen LogP contribution in [0, 0.1) is 0 Å². The van der Waals surface area contributed by atoms with Crippen molar-refractivity contribution in [2.45, 2.75) is 39.0 Å². The van der Waals surface area contributed by atoms with Crippen LogP contribution in [0.5, 0.6) is 5.75 Å². The number of benzene rings is 2. The van der Waals surface area contributed by atoms with Crippen LogP contribution >= 0.6 is 15.9 Å². The van der Waals surface area contributed by atoms with Crippen molar-refractivity contribution in [1.82, 2.24) is 0 Å². The first-order valence-corrected chi connectivity index (χ1v) is 9.46. The van der Waals surface area contributed by atoms with Gasteiger partial charge in [0, 0.05) is 16.6 Å². The summed E-state index contributed by atoms with van der Waals surface area (Å²) in [4.78, 5) is 14.1. The van der Waals surface area contributed by atoms with Crippen LogP contribution in [0.3, 0.4) is 0 Å². The highest BCUT2D eigenvalue weighted by Gasteiger charge is 2.24. The maximum absolute atomic E-state index is 12.3. The number of hydrogen-bond acceptors (Lipinski definition) is 2. The Labute approximate surface area is 158 Å². The third-order valence-electron chi connectivity index (χ3n) is 4.55. The van der Waals surface area contributed by atoms with Crippen molar-refractivity contribution in [3.8, 4) is 5.75 Å². The summed E-state index contributed by atoms with van der Waals surface area (Å²) in [7, 11) is 0. The standard InChI is InChI=1S/C21H24BrNO2/c1-21(2,3)16-5-8-18(9-6-16)25-13-12-23-19-10-7-17(22)14-15(19)4-11-20(23)24/h5-10,14H,4,11-13H2,1-3H3. The zero-order valence-electron chi connectivity index (χ0n) is 15.0. The van der Waals surface area contributed by atoms with Gasteiger partial charge in [-0.3, -0.25) is 4.79 Å². The van der Waals surface area contributed by atoms with Crippen LogP contribution in [0.2, 0.25) is 0 Å². The number of rotatable bonds is 4. The van der Waals surface area contributed by atoms with Crippen LogP contribution in [-0.2, 0) is 16.6 Å². The largest absolute Gasteiger partial charge is 0.492 e. The molecule has 0 radical (unpaired) electrons. The molecule has 132 valence electrons. The molecule has 1 amide bonds. The van der Waals surface area contributed by atoms with Crippen LogP contribution in [0.4, 0.5) is 5.69 Å². The number of aryl methyl sites for hydroxylation is 1. The third-order valence-corrected chi connectivity index (χ3v) is 5.04. The molecule has 1 heterocycles. The highest BCUT2D eigenvalue weighted by atomic mass is 79.9. The Hall–Kier alpha value is -1.81. The molecule has 0 unspecified atom stereocenters. The lowest BCUT2D eigenvalue weighted by Gasteiger charge is -2.29. The van der Waals surface area contributed by atoms with E-state index in [1.54, 1.807) is 0 Å². The van der Waals surface area contributed by atoms with Crippen LogP contribution in [0.1, 0.15) is 38.3 Å². The predicted octanol–water partition coefficient (Wildman–Crippen LogP) is 5.10. The highest BCUT2D eigenvalue weighted by Crippen LogP contribution is 2.30. The summed E-state index contributed by atoms with van der Waals surface area (Å²) < 4.78 is 6.91. The molecule has 3 nitrogen and oxygen atoms in total. The summed E-state index contributed by atoms with van der Waals surface area (Å²) in [6.07, 6.45) is 1.36. The van der Waals surface area contributed by atoms with Gasteiger partial charge >= 0.3 is 0 Å². The molecule has 0 spiro atoms. The zero-order chi connectivity index (χ0) is 18.0. The second-order valence-corrected chi connectivity index (χ2v) is 8.36. The van der Waals surface area contributed by atoms with E-state index in [9.17, 15) is 4.79 Å². The highest BCUT2D eigenvalue weighted by molar-refractivity contribution is 9.10. The fourth-order valence-electron chi connectivity index (χ4n) is 3.08. The van der Waals surface area contributed by atoms with Crippen molar-refractivity contribution in [3.05, 3.63) is 58.1 Å². The van der Waals surface area contributed by atoms with E-state index in [2.05, 4.69) is 54.9 Å². The molecule has 0 atom stereocenters. The lowest BCUT2D eigenvalue weighted by atomic mass is 9.87. The van der Waals surface area contributed by atoms with E-state index < -0.39 is 0 Å². The van der Waals surface area contributed by atoms with Gasteiger partial charge in [0.15, 0.2) is 0 Å². The van der Waals surface area contributed by atoms with Crippen LogP contribution in [0.15, 0.2) is 46.9 Å². The second kappa shape index (κ2) is 7.20. The molecule has 0 saturated carbocycles. The lowest BCUT2D eigenvalue weighted by molar-refractivity contribution is -0.119. The fraction of sp³-hybridized carbons (Fsp3) is 0.381. The topological polar surface area (TPSA) is 29.5 Å². The first kappa shape index (κ1) is 18.0. The number of carbonyl (C=O) groups excluding carboxylic acids is 1. The quantitative estimate of drug-likeness (QED) is 0.712. The Kier molecular flexibility index (Phi) is 5.19. The Balaban J connectivity index is 1.63. The number of halogens is 1. The Morgan fingerprint density at radius 1 is 1.08 bits per heavy atom. The van der Waals surface area contributed by atoms with Crippen molar-refractivity contribution in [3.63, 3.8) is 0 Å². The molecule has 25 heavy (non-hydrogen) atoms. The molecule has 4 heteroatoms. The summed E-state index contributed by atoms with van der Waals surface area (Å²) in [5, 5.41) is 0. The van der Waals surface area contributed by atoms with E-state index in [0.717, 1.165) is 22.3 Å². The van der Waals surface area contributed by atoms with E-state index in [0.29, 0.717) is 19.6 Å². The molecular weight excluding hydrogens is 378 g/mol. The van der Waals surface area contributed by atoms with Crippen LogP contribution < -0.4 is 9.64 Å². The molecule has 0 bridgehead atoms. The molecule has 0 N–H and O–H groups in total. The molecule has 0 saturated heterocycles. The van der Waals surface area contributed by atoms with Gasteiger partial charge in [-0.05, 0) is 53.3 Å². The maximum atomic E-state index is 12.3. The number of hydrogen-bond donors (Lipinski definition) is 0. The lowest BCUT2D eigenvalue weighted by Crippen LogP contribution is -2.38. The molecular formula is C21H24BrNO2. The molecule has 2 aromatic carbocycles. The fourth-order valence-corrected chi connectivity index (χ4v) is 3.49. The van der Waals surface area contributed by atoms with E-state index >= 15 is 0 Å².